The molecule has 2 heterocycles. The summed E-state index contributed by atoms with van der Waals surface area (Å²) in [5, 5.41) is 11.0. The molecule has 20 heavy (non-hydrogen) atoms. The van der Waals surface area contributed by atoms with E-state index in [1.807, 2.05) is 0 Å². The quantitative estimate of drug-likeness (QED) is 0.893. The maximum atomic E-state index is 4.64. The lowest BCUT2D eigenvalue weighted by Crippen LogP contribution is -2.47. The minimum atomic E-state index is 0.390. The second-order valence-electron chi connectivity index (χ2n) is 6.47. The van der Waals surface area contributed by atoms with E-state index in [1.54, 1.807) is 11.3 Å². The number of aromatic nitrogens is 1. The Balaban J connectivity index is 1.64. The predicted octanol–water partition coefficient (Wildman–Crippen LogP) is 3.41. The van der Waals surface area contributed by atoms with E-state index in [2.05, 4.69) is 34.8 Å². The van der Waals surface area contributed by atoms with Gasteiger partial charge in [-0.05, 0) is 52.0 Å². The molecule has 0 aromatic carbocycles. The predicted molar refractivity (Wildman–Crippen MR) is 85.2 cm³/mol. The normalized spacial score (nSPS) is 32.4. The second kappa shape index (κ2) is 6.54. The van der Waals surface area contributed by atoms with E-state index in [9.17, 15) is 0 Å². The Morgan fingerprint density at radius 2 is 2.15 bits per heavy atom. The zero-order valence-corrected chi connectivity index (χ0v) is 13.5. The van der Waals surface area contributed by atoms with Gasteiger partial charge in [-0.1, -0.05) is 12.8 Å². The van der Waals surface area contributed by atoms with E-state index in [1.165, 1.54) is 50.1 Å². The van der Waals surface area contributed by atoms with E-state index in [0.29, 0.717) is 12.1 Å². The molecule has 1 aromatic rings. The van der Waals surface area contributed by atoms with Crippen molar-refractivity contribution in [2.24, 2.45) is 5.92 Å². The third-order valence-corrected chi connectivity index (χ3v) is 6.05. The van der Waals surface area contributed by atoms with Crippen molar-refractivity contribution in [3.63, 3.8) is 0 Å². The first-order chi connectivity index (χ1) is 9.74. The molecule has 1 saturated carbocycles. The third kappa shape index (κ3) is 3.23. The van der Waals surface area contributed by atoms with Crippen LogP contribution in [-0.2, 0) is 0 Å². The number of thiazole rings is 1. The van der Waals surface area contributed by atoms with E-state index < -0.39 is 0 Å². The standard InChI is InChI=1S/C16H27N3S/c1-11-10-20-16(18-11)12(2)19-15-7-4-3-6-13(15)14-8-5-9-17-14/h10,12-15,17,19H,3-9H2,1-2H3. The first kappa shape index (κ1) is 14.5. The highest BCUT2D eigenvalue weighted by molar-refractivity contribution is 7.09. The van der Waals surface area contributed by atoms with E-state index in [0.717, 1.165) is 17.7 Å². The van der Waals surface area contributed by atoms with Gasteiger partial charge in [0, 0.05) is 23.2 Å². The molecule has 1 aliphatic heterocycles. The van der Waals surface area contributed by atoms with Crippen LogP contribution < -0.4 is 10.6 Å². The lowest BCUT2D eigenvalue weighted by atomic mass is 9.79. The van der Waals surface area contributed by atoms with Crippen LogP contribution in [0.2, 0.25) is 0 Å². The van der Waals surface area contributed by atoms with Crippen molar-refractivity contribution >= 4 is 11.3 Å². The molecule has 1 aromatic heterocycles. The molecule has 2 aliphatic rings. The van der Waals surface area contributed by atoms with E-state index in [4.69, 9.17) is 0 Å². The lowest BCUT2D eigenvalue weighted by molar-refractivity contribution is 0.203. The summed E-state index contributed by atoms with van der Waals surface area (Å²) in [7, 11) is 0. The third-order valence-electron chi connectivity index (χ3n) is 4.91. The van der Waals surface area contributed by atoms with Gasteiger partial charge in [0.25, 0.3) is 0 Å². The Labute approximate surface area is 126 Å². The van der Waals surface area contributed by atoms with Crippen LogP contribution in [0.1, 0.15) is 62.2 Å². The summed E-state index contributed by atoms with van der Waals surface area (Å²) < 4.78 is 0. The number of nitrogens with one attached hydrogen (secondary N) is 2. The second-order valence-corrected chi connectivity index (χ2v) is 7.36. The highest BCUT2D eigenvalue weighted by atomic mass is 32.1. The lowest BCUT2D eigenvalue weighted by Gasteiger charge is -2.37. The molecule has 0 bridgehead atoms. The maximum Gasteiger partial charge on any atom is 0.110 e. The van der Waals surface area contributed by atoms with Crippen LogP contribution in [0.15, 0.2) is 5.38 Å². The smallest absolute Gasteiger partial charge is 0.110 e. The first-order valence-corrected chi connectivity index (χ1v) is 9.03. The summed E-state index contributed by atoms with van der Waals surface area (Å²) in [6.07, 6.45) is 8.23. The molecule has 3 rings (SSSR count). The summed E-state index contributed by atoms with van der Waals surface area (Å²) in [4.78, 5) is 4.64. The Kier molecular flexibility index (Phi) is 4.74. The monoisotopic (exact) mass is 293 g/mol. The van der Waals surface area contributed by atoms with Crippen molar-refractivity contribution < 1.29 is 0 Å². The van der Waals surface area contributed by atoms with Gasteiger partial charge in [0.1, 0.15) is 5.01 Å². The fourth-order valence-corrected chi connectivity index (χ4v) is 4.70. The molecule has 4 unspecified atom stereocenters. The van der Waals surface area contributed by atoms with Crippen molar-refractivity contribution in [3.05, 3.63) is 16.1 Å². The fourth-order valence-electron chi connectivity index (χ4n) is 3.89. The molecule has 112 valence electrons. The molecule has 2 N–H and O–H groups in total. The zero-order valence-electron chi connectivity index (χ0n) is 12.7. The van der Waals surface area contributed by atoms with Gasteiger partial charge in [-0.15, -0.1) is 11.3 Å². The van der Waals surface area contributed by atoms with E-state index >= 15 is 0 Å². The Hall–Kier alpha value is -0.450. The molecule has 0 amide bonds. The molecule has 0 spiro atoms. The van der Waals surface area contributed by atoms with Gasteiger partial charge < -0.3 is 10.6 Å². The Morgan fingerprint density at radius 1 is 1.30 bits per heavy atom. The number of hydrogen-bond donors (Lipinski definition) is 2. The molecule has 4 heteroatoms. The number of rotatable bonds is 4. The van der Waals surface area contributed by atoms with Gasteiger partial charge in [-0.25, -0.2) is 4.98 Å². The maximum absolute atomic E-state index is 4.64. The highest BCUT2D eigenvalue weighted by Crippen LogP contribution is 2.32. The zero-order chi connectivity index (χ0) is 13.9. The Bertz CT molecular complexity index is 425. The molecule has 2 fully saturated rings. The SMILES string of the molecule is Cc1csc(C(C)NC2CCCCC2C2CCCN2)n1. The van der Waals surface area contributed by atoms with Crippen molar-refractivity contribution in [3.8, 4) is 0 Å². The van der Waals surface area contributed by atoms with Gasteiger partial charge in [0.15, 0.2) is 0 Å². The van der Waals surface area contributed by atoms with Gasteiger partial charge in [0.2, 0.25) is 0 Å². The van der Waals surface area contributed by atoms with Crippen LogP contribution in [0, 0.1) is 12.8 Å². The van der Waals surface area contributed by atoms with Crippen LogP contribution in [-0.4, -0.2) is 23.6 Å². The molecule has 1 aliphatic carbocycles. The summed E-state index contributed by atoms with van der Waals surface area (Å²) >= 11 is 1.79. The van der Waals surface area contributed by atoms with Crippen molar-refractivity contribution in [1.82, 2.24) is 15.6 Å². The van der Waals surface area contributed by atoms with Crippen LogP contribution in [0.3, 0.4) is 0 Å². The Morgan fingerprint density at radius 3 is 2.85 bits per heavy atom. The van der Waals surface area contributed by atoms with E-state index in [-0.39, 0.29) is 0 Å². The summed E-state index contributed by atoms with van der Waals surface area (Å²) in [5.41, 5.74) is 1.15. The molecule has 1 saturated heterocycles. The van der Waals surface area contributed by atoms with Crippen molar-refractivity contribution in [2.45, 2.75) is 70.5 Å². The topological polar surface area (TPSA) is 37.0 Å². The summed E-state index contributed by atoms with van der Waals surface area (Å²) in [6.45, 7) is 5.57. The minimum Gasteiger partial charge on any atom is -0.314 e. The van der Waals surface area contributed by atoms with Crippen LogP contribution >= 0.6 is 11.3 Å². The average Bonchev–Trinajstić information content (AvgIpc) is 3.10. The first-order valence-electron chi connectivity index (χ1n) is 8.15. The van der Waals surface area contributed by atoms with Crippen LogP contribution in [0.5, 0.6) is 0 Å². The molecular weight excluding hydrogens is 266 g/mol. The van der Waals surface area contributed by atoms with Gasteiger partial charge >= 0.3 is 0 Å². The highest BCUT2D eigenvalue weighted by Gasteiger charge is 2.34. The number of nitrogens with zero attached hydrogens (tertiary/aromatic N) is 1. The number of hydrogen-bond acceptors (Lipinski definition) is 4. The average molecular weight is 293 g/mol. The number of aryl methyl sites for hydroxylation is 1. The van der Waals surface area contributed by atoms with Gasteiger partial charge in [-0.2, -0.15) is 0 Å². The van der Waals surface area contributed by atoms with Crippen molar-refractivity contribution in [2.75, 3.05) is 6.54 Å². The van der Waals surface area contributed by atoms with Crippen LogP contribution in [0.25, 0.3) is 0 Å². The summed E-state index contributed by atoms with van der Waals surface area (Å²) in [6, 6.07) is 1.80. The molecule has 0 radical (unpaired) electrons. The van der Waals surface area contributed by atoms with Gasteiger partial charge in [0.05, 0.1) is 6.04 Å². The summed E-state index contributed by atoms with van der Waals surface area (Å²) in [5.74, 6) is 0.815. The molecular formula is C16H27N3S. The van der Waals surface area contributed by atoms with Gasteiger partial charge in [-0.3, -0.25) is 0 Å². The largest absolute Gasteiger partial charge is 0.314 e. The minimum absolute atomic E-state index is 0.390. The fraction of sp³-hybridized carbons (Fsp3) is 0.812. The van der Waals surface area contributed by atoms with Crippen molar-refractivity contribution in [1.29, 1.82) is 0 Å². The van der Waals surface area contributed by atoms with Crippen LogP contribution in [0.4, 0.5) is 0 Å². The molecule has 3 nitrogen and oxygen atoms in total. The molecule has 4 atom stereocenters.